The number of nitrogens with zero attached hydrogens (tertiary/aromatic N) is 1. The van der Waals surface area contributed by atoms with Gasteiger partial charge in [0.2, 0.25) is 0 Å². The van der Waals surface area contributed by atoms with E-state index in [1.807, 2.05) is 0 Å². The molecular formula is C10H14N2O3. The Labute approximate surface area is 87.8 Å². The van der Waals surface area contributed by atoms with Crippen LogP contribution in [0.25, 0.3) is 0 Å². The summed E-state index contributed by atoms with van der Waals surface area (Å²) in [5.41, 5.74) is 0.0169. The summed E-state index contributed by atoms with van der Waals surface area (Å²) in [5, 5.41) is 20.2. The molecule has 3 N–H and O–H groups in total. The second kappa shape index (κ2) is 4.27. The number of pyridine rings is 1. The molecule has 5 heteroatoms. The zero-order valence-corrected chi connectivity index (χ0v) is 8.69. The number of carbonyl (C=O) groups is 1. The van der Waals surface area contributed by atoms with E-state index in [-0.39, 0.29) is 5.82 Å². The summed E-state index contributed by atoms with van der Waals surface area (Å²) in [5.74, 6) is 0.268. The Hall–Kier alpha value is -1.62. The van der Waals surface area contributed by atoms with E-state index in [0.29, 0.717) is 6.42 Å². The number of anilines is 1. The Balaban J connectivity index is 2.79. The van der Waals surface area contributed by atoms with Gasteiger partial charge in [0.05, 0.1) is 5.60 Å². The fourth-order valence-corrected chi connectivity index (χ4v) is 1.26. The molecule has 0 radical (unpaired) electrons. The predicted octanol–water partition coefficient (Wildman–Crippen LogP) is 1.48. The van der Waals surface area contributed by atoms with Gasteiger partial charge in [-0.15, -0.1) is 0 Å². The van der Waals surface area contributed by atoms with E-state index >= 15 is 0 Å². The van der Waals surface area contributed by atoms with Gasteiger partial charge in [0, 0.05) is 12.6 Å². The molecule has 0 unspecified atom stereocenters. The summed E-state index contributed by atoms with van der Waals surface area (Å²) in [6, 6.07) is 3.34. The van der Waals surface area contributed by atoms with E-state index in [0.717, 1.165) is 5.56 Å². The molecule has 5 nitrogen and oxygen atoms in total. The highest BCUT2D eigenvalue weighted by Gasteiger charge is 2.13. The highest BCUT2D eigenvalue weighted by atomic mass is 16.4. The number of amides is 1. The van der Waals surface area contributed by atoms with E-state index in [1.54, 1.807) is 26.0 Å². The fourth-order valence-electron chi connectivity index (χ4n) is 1.26. The van der Waals surface area contributed by atoms with Crippen molar-refractivity contribution >= 4 is 11.9 Å². The van der Waals surface area contributed by atoms with Crippen LogP contribution in [0.15, 0.2) is 18.3 Å². The van der Waals surface area contributed by atoms with Gasteiger partial charge in [-0.3, -0.25) is 5.32 Å². The number of rotatable bonds is 3. The molecule has 1 rings (SSSR count). The molecule has 1 aromatic rings. The van der Waals surface area contributed by atoms with Gasteiger partial charge >= 0.3 is 6.09 Å². The maximum Gasteiger partial charge on any atom is 0.410 e. The van der Waals surface area contributed by atoms with Gasteiger partial charge in [-0.1, -0.05) is 0 Å². The summed E-state index contributed by atoms with van der Waals surface area (Å²) in [6.07, 6.45) is 0.804. The van der Waals surface area contributed by atoms with Crippen LogP contribution in [-0.2, 0) is 6.42 Å². The lowest BCUT2D eigenvalue weighted by Gasteiger charge is -2.16. The first-order valence-corrected chi connectivity index (χ1v) is 4.54. The summed E-state index contributed by atoms with van der Waals surface area (Å²) in [6.45, 7) is 3.38. The predicted molar refractivity (Wildman–Crippen MR) is 55.9 cm³/mol. The van der Waals surface area contributed by atoms with Crippen LogP contribution in [-0.4, -0.2) is 26.9 Å². The molecule has 0 spiro atoms. The first kappa shape index (κ1) is 11.5. The van der Waals surface area contributed by atoms with Gasteiger partial charge in [0.1, 0.15) is 5.82 Å². The Morgan fingerprint density at radius 2 is 2.27 bits per heavy atom. The van der Waals surface area contributed by atoms with Crippen molar-refractivity contribution in [2.24, 2.45) is 0 Å². The van der Waals surface area contributed by atoms with Crippen molar-refractivity contribution in [3.8, 4) is 0 Å². The minimum absolute atomic E-state index is 0.268. The molecule has 0 bridgehead atoms. The van der Waals surface area contributed by atoms with E-state index in [4.69, 9.17) is 5.11 Å². The Morgan fingerprint density at radius 3 is 2.80 bits per heavy atom. The first-order valence-electron chi connectivity index (χ1n) is 4.54. The second-order valence-electron chi connectivity index (χ2n) is 3.97. The number of aromatic nitrogens is 1. The minimum atomic E-state index is -1.15. The normalized spacial score (nSPS) is 11.1. The number of hydrogen-bond donors (Lipinski definition) is 3. The zero-order chi connectivity index (χ0) is 11.5. The molecule has 0 fully saturated rings. The maximum atomic E-state index is 10.4. The number of aliphatic hydroxyl groups is 1. The standard InChI is InChI=1S/C10H14N2O3/c1-10(2,15)6-7-3-4-11-8(5-7)12-9(13)14/h3-5,15H,6H2,1-2H3,(H,11,12)(H,13,14). The van der Waals surface area contributed by atoms with Crippen LogP contribution in [0.5, 0.6) is 0 Å². The summed E-state index contributed by atoms with van der Waals surface area (Å²) >= 11 is 0. The van der Waals surface area contributed by atoms with Crippen molar-refractivity contribution in [3.63, 3.8) is 0 Å². The van der Waals surface area contributed by atoms with Crippen molar-refractivity contribution in [2.75, 3.05) is 5.32 Å². The molecule has 0 saturated carbocycles. The lowest BCUT2D eigenvalue weighted by atomic mass is 10.00. The molecule has 82 valence electrons. The maximum absolute atomic E-state index is 10.4. The van der Waals surface area contributed by atoms with Crippen molar-refractivity contribution in [1.82, 2.24) is 4.98 Å². The topological polar surface area (TPSA) is 82.5 Å². The van der Waals surface area contributed by atoms with Crippen LogP contribution in [0.2, 0.25) is 0 Å². The van der Waals surface area contributed by atoms with Crippen LogP contribution < -0.4 is 5.32 Å². The molecule has 1 amide bonds. The monoisotopic (exact) mass is 210 g/mol. The highest BCUT2D eigenvalue weighted by molar-refractivity contribution is 5.81. The smallest absolute Gasteiger partial charge is 0.410 e. The quantitative estimate of drug-likeness (QED) is 0.705. The molecule has 0 atom stereocenters. The van der Waals surface area contributed by atoms with E-state index in [2.05, 4.69) is 10.3 Å². The number of hydrogen-bond acceptors (Lipinski definition) is 3. The number of carboxylic acid groups (broad SMARTS) is 1. The Kier molecular flexibility index (Phi) is 3.26. The van der Waals surface area contributed by atoms with Crippen LogP contribution in [0.3, 0.4) is 0 Å². The van der Waals surface area contributed by atoms with E-state index in [9.17, 15) is 9.90 Å². The van der Waals surface area contributed by atoms with Crippen LogP contribution >= 0.6 is 0 Å². The van der Waals surface area contributed by atoms with E-state index in [1.165, 1.54) is 6.20 Å². The molecule has 1 aromatic heterocycles. The molecule has 0 aliphatic rings. The van der Waals surface area contributed by atoms with Crippen LogP contribution in [0.4, 0.5) is 10.6 Å². The van der Waals surface area contributed by atoms with Crippen LogP contribution in [0.1, 0.15) is 19.4 Å². The van der Waals surface area contributed by atoms with Gasteiger partial charge in [-0.25, -0.2) is 9.78 Å². The lowest BCUT2D eigenvalue weighted by molar-refractivity contribution is 0.0810. The van der Waals surface area contributed by atoms with Gasteiger partial charge < -0.3 is 10.2 Å². The average Bonchev–Trinajstić information content (AvgIpc) is 1.99. The van der Waals surface area contributed by atoms with Crippen molar-refractivity contribution in [2.45, 2.75) is 25.9 Å². The largest absolute Gasteiger partial charge is 0.465 e. The molecule has 0 aliphatic heterocycles. The van der Waals surface area contributed by atoms with Gasteiger partial charge in [-0.2, -0.15) is 0 Å². The SMILES string of the molecule is CC(C)(O)Cc1ccnc(NC(=O)O)c1. The van der Waals surface area contributed by atoms with Gasteiger partial charge in [0.15, 0.2) is 0 Å². The third-order valence-corrected chi connectivity index (χ3v) is 1.70. The highest BCUT2D eigenvalue weighted by Crippen LogP contribution is 2.14. The lowest BCUT2D eigenvalue weighted by Crippen LogP contribution is -2.22. The molecule has 15 heavy (non-hydrogen) atoms. The average molecular weight is 210 g/mol. The molecule has 1 heterocycles. The minimum Gasteiger partial charge on any atom is -0.465 e. The van der Waals surface area contributed by atoms with Gasteiger partial charge in [-0.05, 0) is 31.5 Å². The molecular weight excluding hydrogens is 196 g/mol. The molecule has 0 saturated heterocycles. The van der Waals surface area contributed by atoms with Crippen molar-refractivity contribution in [1.29, 1.82) is 0 Å². The summed E-state index contributed by atoms with van der Waals surface area (Å²) in [7, 11) is 0. The van der Waals surface area contributed by atoms with Crippen molar-refractivity contribution in [3.05, 3.63) is 23.9 Å². The third-order valence-electron chi connectivity index (χ3n) is 1.70. The first-order chi connectivity index (χ1) is 6.87. The zero-order valence-electron chi connectivity index (χ0n) is 8.69. The molecule has 0 aromatic carbocycles. The third kappa shape index (κ3) is 4.42. The summed E-state index contributed by atoms with van der Waals surface area (Å²) in [4.78, 5) is 14.2. The Morgan fingerprint density at radius 1 is 1.60 bits per heavy atom. The van der Waals surface area contributed by atoms with E-state index < -0.39 is 11.7 Å². The molecule has 0 aliphatic carbocycles. The van der Waals surface area contributed by atoms with Gasteiger partial charge in [0.25, 0.3) is 0 Å². The summed E-state index contributed by atoms with van der Waals surface area (Å²) < 4.78 is 0. The van der Waals surface area contributed by atoms with Crippen molar-refractivity contribution < 1.29 is 15.0 Å². The second-order valence-corrected chi connectivity index (χ2v) is 3.97. The van der Waals surface area contributed by atoms with Crippen LogP contribution in [0, 0.1) is 0 Å². The number of nitrogens with one attached hydrogen (secondary N) is 1. The Bertz CT molecular complexity index is 358. The fraction of sp³-hybridized carbons (Fsp3) is 0.400.